The predicted molar refractivity (Wildman–Crippen MR) is 152 cm³/mol. The number of carbonyl (C=O) groups is 4. The molecule has 0 rings (SSSR count). The summed E-state index contributed by atoms with van der Waals surface area (Å²) in [6.45, 7) is 2.21. The van der Waals surface area contributed by atoms with Crippen molar-refractivity contribution < 1.29 is 29.4 Å². The van der Waals surface area contributed by atoms with E-state index in [0.717, 1.165) is 64.2 Å². The molecule has 0 aromatic rings. The zero-order chi connectivity index (χ0) is 28.4. The zero-order valence-electron chi connectivity index (χ0n) is 24.0. The van der Waals surface area contributed by atoms with E-state index in [4.69, 9.17) is 15.9 Å². The van der Waals surface area contributed by atoms with Crippen LogP contribution in [0.2, 0.25) is 0 Å². The van der Waals surface area contributed by atoms with E-state index in [2.05, 4.69) is 5.32 Å². The summed E-state index contributed by atoms with van der Waals surface area (Å²) in [6, 6.07) is -0.529. The fourth-order valence-electron chi connectivity index (χ4n) is 4.53. The number of unbranched alkanes of at least 4 members (excludes halogenated alkanes) is 14. The number of aliphatic carboxylic acids is 2. The topological polar surface area (TPSA) is 147 Å². The molecule has 2 atom stereocenters. The number of nitrogens with two attached hydrogens (primary N) is 1. The van der Waals surface area contributed by atoms with Crippen molar-refractivity contribution in [2.45, 2.75) is 154 Å². The third-order valence-electron chi connectivity index (χ3n) is 7.19. The van der Waals surface area contributed by atoms with Gasteiger partial charge in [0.1, 0.15) is 5.78 Å². The lowest BCUT2D eigenvalue weighted by Crippen LogP contribution is -2.40. The quantitative estimate of drug-likeness (QED) is 0.0841. The summed E-state index contributed by atoms with van der Waals surface area (Å²) in [5.41, 5.74) is 5.96. The average molecular weight is 541 g/mol. The summed E-state index contributed by atoms with van der Waals surface area (Å²) < 4.78 is 0. The number of amides is 1. The number of ketones is 1. The third-order valence-corrected chi connectivity index (χ3v) is 7.19. The lowest BCUT2D eigenvalue weighted by Gasteiger charge is -2.12. The van der Waals surface area contributed by atoms with Gasteiger partial charge in [0.05, 0.1) is 12.0 Å². The number of carboxylic acids is 2. The second-order valence-electron chi connectivity index (χ2n) is 10.9. The van der Waals surface area contributed by atoms with Crippen molar-refractivity contribution in [1.82, 2.24) is 5.32 Å². The monoisotopic (exact) mass is 540 g/mol. The van der Waals surface area contributed by atoms with Crippen LogP contribution in [0.15, 0.2) is 0 Å². The second-order valence-corrected chi connectivity index (χ2v) is 10.9. The molecule has 0 saturated heterocycles. The Kier molecular flexibility index (Phi) is 24.0. The van der Waals surface area contributed by atoms with E-state index < -0.39 is 18.0 Å². The van der Waals surface area contributed by atoms with Crippen LogP contribution in [0.1, 0.15) is 148 Å². The standard InChI is InChI=1S/C30H56N2O6/c1-25(30(37)38)19-17-18-24-32-29(36)27(31)22-15-12-14-21-26(33)20-13-10-8-6-4-2-3-5-7-9-11-16-23-28(34)35/h25,27H,2-24,31H2,1H3,(H,32,36)(H,34,35)(H,37,38)/t25-,27-/m0/s1. The molecule has 0 aliphatic carbocycles. The number of carbonyl (C=O) groups excluding carboxylic acids is 2. The van der Waals surface area contributed by atoms with Crippen LogP contribution < -0.4 is 11.1 Å². The fourth-order valence-corrected chi connectivity index (χ4v) is 4.53. The number of carboxylic acid groups (broad SMARTS) is 2. The van der Waals surface area contributed by atoms with E-state index in [1.54, 1.807) is 6.92 Å². The Morgan fingerprint density at radius 1 is 0.605 bits per heavy atom. The first-order chi connectivity index (χ1) is 18.2. The van der Waals surface area contributed by atoms with E-state index in [1.165, 1.54) is 44.9 Å². The number of nitrogens with one attached hydrogen (secondary N) is 1. The smallest absolute Gasteiger partial charge is 0.306 e. The number of hydrogen-bond acceptors (Lipinski definition) is 5. The first-order valence-corrected chi connectivity index (χ1v) is 15.2. The first-order valence-electron chi connectivity index (χ1n) is 15.2. The molecule has 5 N–H and O–H groups in total. The molecule has 0 spiro atoms. The molecular weight excluding hydrogens is 484 g/mol. The van der Waals surface area contributed by atoms with Gasteiger partial charge >= 0.3 is 11.9 Å². The molecule has 8 nitrogen and oxygen atoms in total. The van der Waals surface area contributed by atoms with Crippen LogP contribution in [0.4, 0.5) is 0 Å². The van der Waals surface area contributed by atoms with Gasteiger partial charge < -0.3 is 21.3 Å². The Balaban J connectivity index is 3.44. The van der Waals surface area contributed by atoms with Crippen molar-refractivity contribution in [3.8, 4) is 0 Å². The van der Waals surface area contributed by atoms with Crippen LogP contribution in [0.5, 0.6) is 0 Å². The summed E-state index contributed by atoms with van der Waals surface area (Å²) >= 11 is 0. The van der Waals surface area contributed by atoms with Gasteiger partial charge in [-0.25, -0.2) is 0 Å². The summed E-state index contributed by atoms with van der Waals surface area (Å²) in [7, 11) is 0. The van der Waals surface area contributed by atoms with Crippen molar-refractivity contribution >= 4 is 23.6 Å². The van der Waals surface area contributed by atoms with Crippen molar-refractivity contribution in [2.24, 2.45) is 11.7 Å². The Morgan fingerprint density at radius 2 is 1.03 bits per heavy atom. The molecule has 1 amide bonds. The van der Waals surface area contributed by atoms with Crippen LogP contribution in [0.3, 0.4) is 0 Å². The minimum absolute atomic E-state index is 0.155. The summed E-state index contributed by atoms with van der Waals surface area (Å²) in [5.74, 6) is -1.65. The van der Waals surface area contributed by atoms with Crippen molar-refractivity contribution in [1.29, 1.82) is 0 Å². The maximum atomic E-state index is 12.1. The first kappa shape index (κ1) is 36.0. The second kappa shape index (κ2) is 25.3. The van der Waals surface area contributed by atoms with Crippen molar-refractivity contribution in [3.63, 3.8) is 0 Å². The van der Waals surface area contributed by atoms with Crippen molar-refractivity contribution in [3.05, 3.63) is 0 Å². The molecule has 8 heteroatoms. The van der Waals surface area contributed by atoms with Gasteiger partial charge in [-0.05, 0) is 38.5 Å². The summed E-state index contributed by atoms with van der Waals surface area (Å²) in [4.78, 5) is 45.4. The molecule has 0 saturated carbocycles. The highest BCUT2D eigenvalue weighted by molar-refractivity contribution is 5.81. The molecule has 0 radical (unpaired) electrons. The molecule has 0 bridgehead atoms. The Morgan fingerprint density at radius 3 is 1.50 bits per heavy atom. The zero-order valence-corrected chi connectivity index (χ0v) is 24.0. The molecule has 222 valence electrons. The maximum absolute atomic E-state index is 12.1. The molecule has 0 heterocycles. The van der Waals surface area contributed by atoms with Gasteiger partial charge in [-0.3, -0.25) is 19.2 Å². The summed E-state index contributed by atoms with van der Waals surface area (Å²) in [6.07, 6.45) is 20.7. The van der Waals surface area contributed by atoms with Crippen LogP contribution >= 0.6 is 0 Å². The molecule has 0 aromatic carbocycles. The third kappa shape index (κ3) is 24.4. The van der Waals surface area contributed by atoms with Crippen LogP contribution in [0.25, 0.3) is 0 Å². The maximum Gasteiger partial charge on any atom is 0.306 e. The fraction of sp³-hybridized carbons (Fsp3) is 0.867. The van der Waals surface area contributed by atoms with Gasteiger partial charge in [-0.1, -0.05) is 90.4 Å². The molecule has 0 aliphatic rings. The van der Waals surface area contributed by atoms with Gasteiger partial charge in [0.25, 0.3) is 0 Å². The van der Waals surface area contributed by atoms with Crippen LogP contribution in [-0.4, -0.2) is 46.4 Å². The molecule has 0 aromatic heterocycles. The number of Topliss-reactive ketones (excluding diaryl/α,β-unsaturated/α-hetero) is 1. The predicted octanol–water partition coefficient (Wildman–Crippen LogP) is 6.39. The number of hydrogen-bond donors (Lipinski definition) is 4. The minimum atomic E-state index is -0.785. The van der Waals surface area contributed by atoms with E-state index in [1.807, 2.05) is 0 Å². The van der Waals surface area contributed by atoms with Gasteiger partial charge in [0, 0.05) is 25.8 Å². The lowest BCUT2D eigenvalue weighted by atomic mass is 10.0. The molecular formula is C30H56N2O6. The van der Waals surface area contributed by atoms with Gasteiger partial charge in [0.2, 0.25) is 5.91 Å². The highest BCUT2D eigenvalue weighted by Crippen LogP contribution is 2.14. The molecule has 0 unspecified atom stereocenters. The lowest BCUT2D eigenvalue weighted by molar-refractivity contribution is -0.141. The highest BCUT2D eigenvalue weighted by Gasteiger charge is 2.13. The van der Waals surface area contributed by atoms with Crippen molar-refractivity contribution in [2.75, 3.05) is 6.54 Å². The van der Waals surface area contributed by atoms with Crippen LogP contribution in [-0.2, 0) is 19.2 Å². The van der Waals surface area contributed by atoms with E-state index in [-0.39, 0.29) is 11.8 Å². The SMILES string of the molecule is C[C@@H](CCCCNC(=O)[C@@H](N)CCCCCC(=O)CCCCCCCCCCCCCCC(=O)O)C(=O)O. The van der Waals surface area contributed by atoms with Gasteiger partial charge in [0.15, 0.2) is 0 Å². The van der Waals surface area contributed by atoms with E-state index >= 15 is 0 Å². The largest absolute Gasteiger partial charge is 0.481 e. The molecule has 0 aliphatic heterocycles. The average Bonchev–Trinajstić information content (AvgIpc) is 2.87. The van der Waals surface area contributed by atoms with E-state index in [0.29, 0.717) is 44.4 Å². The minimum Gasteiger partial charge on any atom is -0.481 e. The Hall–Kier alpha value is -1.96. The normalized spacial score (nSPS) is 12.7. The molecule has 38 heavy (non-hydrogen) atoms. The number of rotatable bonds is 28. The van der Waals surface area contributed by atoms with Gasteiger partial charge in [-0.2, -0.15) is 0 Å². The Labute approximate surface area is 230 Å². The van der Waals surface area contributed by atoms with Crippen LogP contribution in [0, 0.1) is 5.92 Å². The highest BCUT2D eigenvalue weighted by atomic mass is 16.4. The van der Waals surface area contributed by atoms with Gasteiger partial charge in [-0.15, -0.1) is 0 Å². The van der Waals surface area contributed by atoms with E-state index in [9.17, 15) is 19.2 Å². The summed E-state index contributed by atoms with van der Waals surface area (Å²) in [5, 5.41) is 20.3. The Bertz CT molecular complexity index is 640. The molecule has 0 fully saturated rings.